The topological polar surface area (TPSA) is 151 Å². The molecular weight excluding hydrogens is 1250 g/mol. The van der Waals surface area contributed by atoms with E-state index in [0.717, 1.165) is 58.3 Å². The number of carbonyl (C=O) groups excluding carboxylic acids is 1. The van der Waals surface area contributed by atoms with E-state index in [1.165, 1.54) is 11.8 Å². The van der Waals surface area contributed by atoms with Crippen molar-refractivity contribution in [2.45, 2.75) is 156 Å². The van der Waals surface area contributed by atoms with E-state index in [1.807, 2.05) is 187 Å². The number of hydrogen-bond donors (Lipinski definition) is 0. The van der Waals surface area contributed by atoms with Gasteiger partial charge in [0.05, 0.1) is 64.7 Å². The molecule has 2 fully saturated rings. The molecule has 6 aromatic rings. The zero-order chi connectivity index (χ0) is 59.6. The third kappa shape index (κ3) is 26.8. The summed E-state index contributed by atoms with van der Waals surface area (Å²) >= 11 is 4.23. The number of alkyl halides is 1. The summed E-state index contributed by atoms with van der Waals surface area (Å²) in [5.41, 5.74) is 6.20. The van der Waals surface area contributed by atoms with Gasteiger partial charge in [-0.3, -0.25) is 9.83 Å². The maximum Gasteiger partial charge on any atom is 1.00 e. The van der Waals surface area contributed by atoms with Gasteiger partial charge in [0, 0.05) is 24.7 Å². The van der Waals surface area contributed by atoms with Crippen LogP contribution in [0.5, 0.6) is 0 Å². The fraction of sp³-hybridized carbons (Fsp3) is 0.456. The molecule has 0 amide bonds. The number of thioether (sulfide) groups is 1. The van der Waals surface area contributed by atoms with Gasteiger partial charge in [0.15, 0.2) is 17.7 Å². The Labute approximate surface area is 556 Å². The Hall–Kier alpha value is -3.10. The van der Waals surface area contributed by atoms with Crippen LogP contribution in [0.4, 0.5) is 0 Å². The molecule has 2 aliphatic heterocycles. The van der Waals surface area contributed by atoms with Crippen LogP contribution in [0, 0.1) is 11.8 Å². The van der Waals surface area contributed by atoms with Crippen LogP contribution in [0.1, 0.15) is 88.3 Å². The Bertz CT molecular complexity index is 2610. The van der Waals surface area contributed by atoms with Gasteiger partial charge >= 0.3 is 29.6 Å². The predicted octanol–water partition coefficient (Wildman–Crippen LogP) is 10.9. The van der Waals surface area contributed by atoms with Gasteiger partial charge < -0.3 is 52.6 Å². The summed E-state index contributed by atoms with van der Waals surface area (Å²) in [6.07, 6.45) is -3.70. The zero-order valence-corrected chi connectivity index (χ0v) is 55.9. The second kappa shape index (κ2) is 44.4. The van der Waals surface area contributed by atoms with Crippen LogP contribution in [0.25, 0.3) is 0 Å². The minimum atomic E-state index is -0.733. The molecule has 2 saturated heterocycles. The minimum Gasteiger partial charge on any atom is -0.691 e. The molecule has 2 aliphatic rings. The first-order chi connectivity index (χ1) is 41.2. The standard InChI is InChI=1S/C34H42O6S.C32H40O8S.CH3I.CH4.Na/c1-4-25(2)20-39-34-33(38-23-29-18-12-7-13-19-29)32(37-22-28-16-10-6-11-17-28)31(30(40-34)24-41-26(3)35)36-21-27-14-8-5-9-15-27;1-3-24(2)19-37-32-31(36-22-27-17-11-6-12-18-27)30(35-21-26-15-9-5-10-16-26)29(28(38-32)23-41-40-39-33)34-20-25-13-7-4-8-14-25;1-2;;/h5-19,25,30-34H,4,20-24H2,1-3H3;4-18,24,28-33H,3,19-23H2,1-2H3;1H3;1H4;/q;;;;+1/p-1. The van der Waals surface area contributed by atoms with E-state index < -0.39 is 61.4 Å². The van der Waals surface area contributed by atoms with Crippen molar-refractivity contribution in [1.29, 1.82) is 0 Å². The van der Waals surface area contributed by atoms with Gasteiger partial charge in [-0.15, -0.1) is 0 Å². The third-order valence-corrected chi connectivity index (χ3v) is 15.7. The van der Waals surface area contributed by atoms with Gasteiger partial charge in [-0.25, -0.2) is 0 Å². The molecule has 12 atom stereocenters. The van der Waals surface area contributed by atoms with Gasteiger partial charge in [-0.05, 0) is 50.1 Å². The second-order valence-electron chi connectivity index (χ2n) is 20.6. The summed E-state index contributed by atoms with van der Waals surface area (Å²) in [6, 6.07) is 60.0. The first kappa shape index (κ1) is 75.4. The molecule has 2 heterocycles. The molecule has 8 rings (SSSR count). The fourth-order valence-electron chi connectivity index (χ4n) is 9.10. The summed E-state index contributed by atoms with van der Waals surface area (Å²) < 4.78 is 69.9. The Balaban J connectivity index is 0.000000350. The number of benzene rings is 6. The van der Waals surface area contributed by atoms with Gasteiger partial charge in [0.2, 0.25) is 0 Å². The summed E-state index contributed by atoms with van der Waals surface area (Å²) in [7, 11) is 0. The van der Waals surface area contributed by atoms with Crippen molar-refractivity contribution in [3.05, 3.63) is 215 Å². The van der Waals surface area contributed by atoms with Crippen molar-refractivity contribution in [1.82, 2.24) is 0 Å². The molecule has 0 aromatic heterocycles. The van der Waals surface area contributed by atoms with Crippen LogP contribution < -0.4 is 34.8 Å². The largest absolute Gasteiger partial charge is 1.00 e. The van der Waals surface area contributed by atoms with Crippen molar-refractivity contribution in [3.8, 4) is 0 Å². The molecule has 0 N–H and O–H groups in total. The van der Waals surface area contributed by atoms with E-state index in [1.54, 1.807) is 6.92 Å². The normalized spacial score (nSPS) is 22.3. The molecular formula is C68H88INaO14S2. The summed E-state index contributed by atoms with van der Waals surface area (Å²) in [4.78, 5) is 14.0. The molecule has 18 heteroatoms. The molecule has 0 spiro atoms. The predicted molar refractivity (Wildman–Crippen MR) is 343 cm³/mol. The maximum atomic E-state index is 12.0. The molecule has 86 heavy (non-hydrogen) atoms. The smallest absolute Gasteiger partial charge is 0.691 e. The molecule has 14 nitrogen and oxygen atoms in total. The number of rotatable bonds is 32. The first-order valence-electron chi connectivity index (χ1n) is 28.8. The SMILES string of the molecule is C.CCC(C)COC1OC(CSC(C)=O)C(OCc2ccccc2)C(OCc2ccccc2)C1OCc1ccccc1.CCC(C)COC1OC(CSOO[O-])C(OCc2ccccc2)C(OCc2ccccc2)C1OCc1ccccc1.CI.[Na+]. The third-order valence-electron chi connectivity index (χ3n) is 14.1. The van der Waals surface area contributed by atoms with E-state index in [4.69, 9.17) is 47.4 Å². The van der Waals surface area contributed by atoms with E-state index in [9.17, 15) is 10.1 Å². The number of ether oxygens (including phenoxy) is 10. The Morgan fingerprint density at radius 3 is 0.988 bits per heavy atom. The van der Waals surface area contributed by atoms with Gasteiger partial charge in [-0.1, -0.05) is 264 Å². The quantitative estimate of drug-likeness (QED) is 0.00748. The Kier molecular flexibility index (Phi) is 38.9. The second-order valence-corrected chi connectivity index (χ2v) is 22.5. The number of hydrogen-bond acceptors (Lipinski definition) is 16. The average Bonchev–Trinajstić information content (AvgIpc) is 1.31. The monoisotopic (exact) mass is 1340 g/mol. The van der Waals surface area contributed by atoms with Gasteiger partial charge in [0.25, 0.3) is 0 Å². The van der Waals surface area contributed by atoms with Gasteiger partial charge in [0.1, 0.15) is 42.7 Å². The van der Waals surface area contributed by atoms with Crippen LogP contribution in [0.2, 0.25) is 0 Å². The van der Waals surface area contributed by atoms with Crippen LogP contribution >= 0.6 is 46.4 Å². The zero-order valence-electron chi connectivity index (χ0n) is 50.1. The maximum absolute atomic E-state index is 12.0. The van der Waals surface area contributed by atoms with Crippen LogP contribution in [0.3, 0.4) is 0 Å². The molecule has 6 aromatic carbocycles. The van der Waals surface area contributed by atoms with E-state index in [-0.39, 0.29) is 47.9 Å². The molecule has 464 valence electrons. The number of halogens is 1. The van der Waals surface area contributed by atoms with Crippen LogP contribution in [-0.2, 0) is 101 Å². The van der Waals surface area contributed by atoms with Crippen molar-refractivity contribution < 1.29 is 96.3 Å². The van der Waals surface area contributed by atoms with E-state index >= 15 is 0 Å². The van der Waals surface area contributed by atoms with E-state index in [2.05, 4.69) is 59.7 Å². The van der Waals surface area contributed by atoms with Crippen molar-refractivity contribution >= 4 is 51.5 Å². The van der Waals surface area contributed by atoms with Crippen LogP contribution in [-0.4, -0.2) is 96.2 Å². The molecule has 0 saturated carbocycles. The summed E-state index contributed by atoms with van der Waals surface area (Å²) in [5.74, 6) is 1.36. The summed E-state index contributed by atoms with van der Waals surface area (Å²) in [6.45, 7) is 13.3. The van der Waals surface area contributed by atoms with Crippen molar-refractivity contribution in [3.63, 3.8) is 0 Å². The van der Waals surface area contributed by atoms with Crippen molar-refractivity contribution in [2.75, 3.05) is 29.6 Å². The fourth-order valence-corrected chi connectivity index (χ4v) is 10.3. The Morgan fingerprint density at radius 2 is 0.721 bits per heavy atom. The summed E-state index contributed by atoms with van der Waals surface area (Å²) in [5, 5.41) is 14.2. The molecule has 0 aliphatic carbocycles. The van der Waals surface area contributed by atoms with E-state index in [0.29, 0.717) is 70.4 Å². The minimum absolute atomic E-state index is 0. The van der Waals surface area contributed by atoms with Crippen molar-refractivity contribution in [2.24, 2.45) is 11.8 Å². The first-order valence-corrected chi connectivity index (χ1v) is 32.8. The molecule has 0 radical (unpaired) electrons. The molecule has 12 unspecified atom stereocenters. The average molecular weight is 1340 g/mol. The van der Waals surface area contributed by atoms with Crippen LogP contribution in [0.15, 0.2) is 182 Å². The Morgan fingerprint density at radius 1 is 0.453 bits per heavy atom. The van der Waals surface area contributed by atoms with Gasteiger partial charge in [-0.2, -0.15) is 4.33 Å². The number of carbonyl (C=O) groups is 1. The molecule has 0 bridgehead atoms.